The zero-order valence-electron chi connectivity index (χ0n) is 35.1. The molecule has 1 N–H and O–H groups in total. The van der Waals surface area contributed by atoms with Crippen molar-refractivity contribution in [3.05, 3.63) is 47.5 Å². The number of hydrogen-bond donors (Lipinski definition) is 1. The van der Waals surface area contributed by atoms with Crippen molar-refractivity contribution >= 4 is 24.0 Å². The minimum atomic E-state index is -0.684. The van der Waals surface area contributed by atoms with Crippen LogP contribution in [-0.2, 0) is 35.1 Å². The van der Waals surface area contributed by atoms with Gasteiger partial charge in [-0.05, 0) is 111 Å². The molecule has 0 spiro atoms. The molecule has 3 fully saturated rings. The highest BCUT2D eigenvalue weighted by Gasteiger charge is 2.62. The molecule has 55 heavy (non-hydrogen) atoms. The van der Waals surface area contributed by atoms with E-state index in [2.05, 4.69) is 46.0 Å². The molecule has 0 heterocycles. The van der Waals surface area contributed by atoms with Crippen LogP contribution in [0.4, 0.5) is 9.59 Å². The summed E-state index contributed by atoms with van der Waals surface area (Å²) < 4.78 is 23.3. The molecule has 3 saturated carbocycles. The van der Waals surface area contributed by atoms with E-state index in [1.165, 1.54) is 37.7 Å². The van der Waals surface area contributed by atoms with Gasteiger partial charge in [0.1, 0.15) is 24.4 Å². The van der Waals surface area contributed by atoms with E-state index in [1.807, 2.05) is 51.1 Å². The Balaban J connectivity index is 1.23. The lowest BCUT2D eigenvalue weighted by molar-refractivity contribution is -0.157. The maximum absolute atomic E-state index is 13.3. The number of fused-ring (bicyclic) bond motifs is 5. The Morgan fingerprint density at radius 3 is 2.31 bits per heavy atom. The molecule has 1 aromatic rings. The van der Waals surface area contributed by atoms with Gasteiger partial charge in [-0.25, -0.2) is 9.59 Å². The van der Waals surface area contributed by atoms with E-state index in [1.54, 1.807) is 6.92 Å². The Kier molecular flexibility index (Phi) is 13.9. The molecule has 1 amide bonds. The number of carbonyl (C=O) groups excluding carboxylic acids is 4. The van der Waals surface area contributed by atoms with E-state index in [9.17, 15) is 19.2 Å². The van der Waals surface area contributed by atoms with E-state index in [0.29, 0.717) is 30.1 Å². The largest absolute Gasteiger partial charge is 0.509 e. The molecule has 4 aliphatic rings. The molecule has 10 unspecified atom stereocenters. The number of ketones is 1. The van der Waals surface area contributed by atoms with Gasteiger partial charge in [0, 0.05) is 18.8 Å². The van der Waals surface area contributed by atoms with Gasteiger partial charge in [-0.1, -0.05) is 96.7 Å². The summed E-state index contributed by atoms with van der Waals surface area (Å²) in [6, 6.07) is 9.30. The van der Waals surface area contributed by atoms with Gasteiger partial charge < -0.3 is 24.3 Å². The zero-order chi connectivity index (χ0) is 40.1. The van der Waals surface area contributed by atoms with Crippen LogP contribution in [0, 0.1) is 52.3 Å². The minimum Gasteiger partial charge on any atom is -0.462 e. The standard InChI is InChI=1S/C46H69NO8/c1-29(2)14-13-15-30(3)36-18-19-37-40-38(21-23-46(36,37)9)45(8)22-20-35(25-33(45)26-39(40)54-43(51)55-44(5,6)7)53-41(49)31(4)24-34(48)27-47-42(50)52-28-32-16-11-10-12-17-32/h10-12,16-17,26,29-31,35-40H,13-15,18-25,27-28H2,1-9H3,(H,47,50). The number of alkyl carbamates (subject to hydrolysis) is 1. The molecule has 0 radical (unpaired) electrons. The second-order valence-electron chi connectivity index (χ2n) is 19.3. The summed E-state index contributed by atoms with van der Waals surface area (Å²) >= 11 is 0. The Bertz CT molecular complexity index is 1530. The average Bonchev–Trinajstić information content (AvgIpc) is 3.47. The number of nitrogens with one attached hydrogen (secondary N) is 1. The van der Waals surface area contributed by atoms with Crippen molar-refractivity contribution in [1.82, 2.24) is 5.32 Å². The number of rotatable bonds is 14. The summed E-state index contributed by atoms with van der Waals surface area (Å²) in [6.07, 6.45) is 10.8. The highest BCUT2D eigenvalue weighted by molar-refractivity contribution is 5.87. The van der Waals surface area contributed by atoms with E-state index >= 15 is 0 Å². The molecule has 9 heteroatoms. The summed E-state index contributed by atoms with van der Waals surface area (Å²) in [7, 11) is 0. The van der Waals surface area contributed by atoms with Gasteiger partial charge in [-0.3, -0.25) is 9.59 Å². The van der Waals surface area contributed by atoms with Gasteiger partial charge in [-0.15, -0.1) is 0 Å². The summed E-state index contributed by atoms with van der Waals surface area (Å²) in [5.74, 6) is 1.74. The molecular formula is C46H69NO8. The smallest absolute Gasteiger partial charge is 0.462 e. The maximum atomic E-state index is 13.3. The second-order valence-corrected chi connectivity index (χ2v) is 19.3. The third kappa shape index (κ3) is 10.5. The van der Waals surface area contributed by atoms with E-state index in [-0.39, 0.29) is 48.2 Å². The average molecular weight is 764 g/mol. The molecule has 0 saturated heterocycles. The summed E-state index contributed by atoms with van der Waals surface area (Å²) in [4.78, 5) is 51.4. The maximum Gasteiger partial charge on any atom is 0.509 e. The van der Waals surface area contributed by atoms with Crippen LogP contribution in [0.1, 0.15) is 139 Å². The first-order valence-electron chi connectivity index (χ1n) is 21.2. The molecular weight excluding hydrogens is 695 g/mol. The normalized spacial score (nSPS) is 31.1. The summed E-state index contributed by atoms with van der Waals surface area (Å²) in [6.45, 7) is 19.2. The number of esters is 1. The van der Waals surface area contributed by atoms with Crippen LogP contribution in [0.25, 0.3) is 0 Å². The van der Waals surface area contributed by atoms with Crippen LogP contribution >= 0.6 is 0 Å². The first kappa shape index (κ1) is 42.8. The quantitative estimate of drug-likeness (QED) is 0.113. The highest BCUT2D eigenvalue weighted by atomic mass is 16.7. The predicted molar refractivity (Wildman–Crippen MR) is 213 cm³/mol. The molecule has 0 aliphatic heterocycles. The Morgan fingerprint density at radius 2 is 1.62 bits per heavy atom. The molecule has 4 aliphatic carbocycles. The third-order valence-corrected chi connectivity index (χ3v) is 13.7. The van der Waals surface area contributed by atoms with E-state index in [4.69, 9.17) is 18.9 Å². The van der Waals surface area contributed by atoms with Crippen LogP contribution < -0.4 is 5.32 Å². The lowest BCUT2D eigenvalue weighted by Gasteiger charge is -2.59. The van der Waals surface area contributed by atoms with Crippen LogP contribution in [0.15, 0.2) is 42.0 Å². The van der Waals surface area contributed by atoms with Gasteiger partial charge in [0.2, 0.25) is 0 Å². The van der Waals surface area contributed by atoms with Crippen LogP contribution in [0.2, 0.25) is 0 Å². The fourth-order valence-corrected chi connectivity index (χ4v) is 10.9. The number of benzene rings is 1. The molecule has 10 atom stereocenters. The molecule has 0 bridgehead atoms. The second kappa shape index (κ2) is 17.8. The van der Waals surface area contributed by atoms with Crippen molar-refractivity contribution in [3.8, 4) is 0 Å². The van der Waals surface area contributed by atoms with Crippen LogP contribution in [0.5, 0.6) is 0 Å². The van der Waals surface area contributed by atoms with Crippen molar-refractivity contribution < 1.29 is 38.1 Å². The number of carbonyl (C=O) groups is 4. The number of Topliss-reactive ketones (excluding diaryl/α,β-unsaturated/α-hetero) is 1. The Hall–Kier alpha value is -3.36. The molecule has 9 nitrogen and oxygen atoms in total. The highest BCUT2D eigenvalue weighted by Crippen LogP contribution is 2.67. The van der Waals surface area contributed by atoms with Crippen molar-refractivity contribution in [2.75, 3.05) is 6.54 Å². The lowest BCUT2D eigenvalue weighted by Crippen LogP contribution is -2.56. The Labute approximate surface area is 330 Å². The van der Waals surface area contributed by atoms with Gasteiger partial charge in [0.15, 0.2) is 5.78 Å². The van der Waals surface area contributed by atoms with Gasteiger partial charge in [-0.2, -0.15) is 0 Å². The fraction of sp³-hybridized carbons (Fsp3) is 0.739. The molecule has 5 rings (SSSR count). The zero-order valence-corrected chi connectivity index (χ0v) is 35.1. The monoisotopic (exact) mass is 764 g/mol. The van der Waals surface area contributed by atoms with Gasteiger partial charge in [0.05, 0.1) is 12.5 Å². The van der Waals surface area contributed by atoms with E-state index < -0.39 is 35.8 Å². The Morgan fingerprint density at radius 1 is 0.891 bits per heavy atom. The van der Waals surface area contributed by atoms with E-state index in [0.717, 1.165) is 37.2 Å². The minimum absolute atomic E-state index is 0.0437. The van der Waals surface area contributed by atoms with Gasteiger partial charge in [0.25, 0.3) is 0 Å². The molecule has 306 valence electrons. The fourth-order valence-electron chi connectivity index (χ4n) is 10.9. The third-order valence-electron chi connectivity index (χ3n) is 13.7. The van der Waals surface area contributed by atoms with Crippen molar-refractivity contribution in [2.45, 2.75) is 157 Å². The van der Waals surface area contributed by atoms with Crippen LogP contribution in [-0.4, -0.2) is 48.4 Å². The predicted octanol–water partition coefficient (Wildman–Crippen LogP) is 10.4. The first-order chi connectivity index (χ1) is 25.9. The van der Waals surface area contributed by atoms with Gasteiger partial charge >= 0.3 is 18.2 Å². The van der Waals surface area contributed by atoms with Crippen molar-refractivity contribution in [1.29, 1.82) is 0 Å². The number of hydrogen-bond acceptors (Lipinski definition) is 8. The molecule has 0 aromatic heterocycles. The SMILES string of the molecule is CC(C)CCCC(C)C1CCC2C3C(OC(=O)OC(C)(C)C)C=C4CC(OC(=O)C(C)CC(=O)CNC(=O)OCc5ccccc5)CCC4(C)C3CCC12C. The number of amides is 1. The summed E-state index contributed by atoms with van der Waals surface area (Å²) in [5.41, 5.74) is 1.51. The summed E-state index contributed by atoms with van der Waals surface area (Å²) in [5, 5.41) is 2.49. The number of ether oxygens (including phenoxy) is 4. The van der Waals surface area contributed by atoms with Crippen LogP contribution in [0.3, 0.4) is 0 Å². The lowest BCUT2D eigenvalue weighted by atomic mass is 9.46. The molecule has 1 aromatic carbocycles. The first-order valence-corrected chi connectivity index (χ1v) is 21.2. The van der Waals surface area contributed by atoms with Crippen molar-refractivity contribution in [3.63, 3.8) is 0 Å². The topological polar surface area (TPSA) is 117 Å². The van der Waals surface area contributed by atoms with Crippen molar-refractivity contribution in [2.24, 2.45) is 52.3 Å².